The van der Waals surface area contributed by atoms with Gasteiger partial charge in [-0.15, -0.1) is 5.69 Å². The smallest absolute Gasteiger partial charge is 0.161 e. The van der Waals surface area contributed by atoms with Gasteiger partial charge in [0.05, 0.1) is 23.7 Å². The minimum absolute atomic E-state index is 0.0169. The number of carbonyl (C=O) groups excluding carboxylic acids is 2. The highest BCUT2D eigenvalue weighted by Gasteiger charge is 2.45. The van der Waals surface area contributed by atoms with Crippen LogP contribution in [0.5, 0.6) is 17.2 Å². The number of aliphatic hydroxyl groups excluding tert-OH is 2. The fraction of sp³-hybridized carbons (Fsp3) is 0.387. The number of aromatic amines is 1. The van der Waals surface area contributed by atoms with Crippen LogP contribution in [-0.4, -0.2) is 72.5 Å². The van der Waals surface area contributed by atoms with Crippen LogP contribution in [0, 0.1) is 11.8 Å². The lowest BCUT2D eigenvalue weighted by atomic mass is 9.65. The number of H-pyrrole nitrogens is 1. The lowest BCUT2D eigenvalue weighted by molar-refractivity contribution is -0.136. The zero-order chi connectivity index (χ0) is 50.2. The first-order valence-corrected chi connectivity index (χ1v) is 26.5. The lowest BCUT2D eigenvalue weighted by Crippen LogP contribution is -2.41. The van der Waals surface area contributed by atoms with E-state index in [0.29, 0.717) is 73.3 Å². The Hall–Kier alpha value is -6.66. The van der Waals surface area contributed by atoms with Crippen LogP contribution < -0.4 is 9.72 Å². The van der Waals surface area contributed by atoms with Crippen LogP contribution in [0.25, 0.3) is 17.5 Å². The molecule has 4 aromatic carbocycles. The van der Waals surface area contributed by atoms with Gasteiger partial charge < -0.3 is 45.6 Å². The quantitative estimate of drug-likeness (QED) is 0.0726. The van der Waals surface area contributed by atoms with Crippen LogP contribution in [0.3, 0.4) is 0 Å². The number of ether oxygens (including phenoxy) is 1. The van der Waals surface area contributed by atoms with Gasteiger partial charge in [-0.3, -0.25) is 9.59 Å². The van der Waals surface area contributed by atoms with Crippen molar-refractivity contribution >= 4 is 29.5 Å². The van der Waals surface area contributed by atoms with Gasteiger partial charge >= 0.3 is 0 Å². The van der Waals surface area contributed by atoms with E-state index in [-0.39, 0.29) is 67.4 Å². The number of nitrogens with one attached hydrogen (secondary N) is 1. The van der Waals surface area contributed by atoms with Crippen molar-refractivity contribution in [3.63, 3.8) is 0 Å². The summed E-state index contributed by atoms with van der Waals surface area (Å²) in [5.74, 6) is -2.16. The number of fused-ring (bicyclic) bond motifs is 14. The molecule has 7 atom stereocenters. The Kier molecular flexibility index (Phi) is 13.8. The number of phenols is 2. The van der Waals surface area contributed by atoms with Crippen molar-refractivity contribution in [2.45, 2.75) is 132 Å². The summed E-state index contributed by atoms with van der Waals surface area (Å²) in [5, 5.41) is 63.4. The highest BCUT2D eigenvalue weighted by Crippen LogP contribution is 2.52. The minimum atomic E-state index is -1.41. The summed E-state index contributed by atoms with van der Waals surface area (Å²) in [5.41, 5.74) is 8.97. The van der Waals surface area contributed by atoms with E-state index in [0.717, 1.165) is 75.8 Å². The first-order chi connectivity index (χ1) is 35.5. The molecule has 1 saturated carbocycles. The lowest BCUT2D eigenvalue weighted by Gasteiger charge is -2.43. The predicted molar refractivity (Wildman–Crippen MR) is 281 cm³/mol. The van der Waals surface area contributed by atoms with Gasteiger partial charge in [-0.05, 0) is 147 Å². The van der Waals surface area contributed by atoms with Crippen molar-refractivity contribution in [2.24, 2.45) is 11.8 Å². The Morgan fingerprint density at radius 1 is 0.822 bits per heavy atom. The molecule has 0 saturated heterocycles. The monoisotopic (exact) mass is 979 g/mol. The summed E-state index contributed by atoms with van der Waals surface area (Å²) in [6.45, 7) is -0.375. The Labute approximate surface area is 427 Å². The van der Waals surface area contributed by atoms with Crippen molar-refractivity contribution in [1.82, 2.24) is 9.97 Å². The number of aromatic nitrogens is 2. The molecule has 4 aliphatic carbocycles. The molecule has 1 fully saturated rings. The van der Waals surface area contributed by atoms with Crippen LogP contribution in [0.1, 0.15) is 137 Å². The molecule has 11 rings (SSSR count). The molecule has 0 spiro atoms. The number of aliphatic hydroxyl groups is 3. The number of hydrogen-bond donors (Lipinski definition) is 6. The van der Waals surface area contributed by atoms with Gasteiger partial charge in [0.15, 0.2) is 17.3 Å². The van der Waals surface area contributed by atoms with Crippen LogP contribution in [0.2, 0.25) is 0 Å². The van der Waals surface area contributed by atoms with Crippen LogP contribution in [0.15, 0.2) is 115 Å². The van der Waals surface area contributed by atoms with Crippen molar-refractivity contribution < 1.29 is 39.9 Å². The molecule has 1 aliphatic heterocycles. The molecule has 6 bridgehead atoms. The molecule has 2 aromatic heterocycles. The minimum Gasteiger partial charge on any atom is -0.664 e. The van der Waals surface area contributed by atoms with Crippen molar-refractivity contribution in [3.05, 3.63) is 182 Å². The molecule has 6 aromatic rings. The highest BCUT2D eigenvalue weighted by molar-refractivity contribution is 6.05. The molecule has 3 heterocycles. The van der Waals surface area contributed by atoms with Gasteiger partial charge in [-0.1, -0.05) is 120 Å². The number of rotatable bonds is 10. The van der Waals surface area contributed by atoms with Crippen molar-refractivity contribution in [3.8, 4) is 17.2 Å². The molecule has 7 unspecified atom stereocenters. The maximum absolute atomic E-state index is 15.9. The van der Waals surface area contributed by atoms with E-state index in [1.165, 1.54) is 0 Å². The number of ketones is 2. The molecule has 5 aliphatic rings. The predicted octanol–water partition coefficient (Wildman–Crippen LogP) is 10.4. The number of aryl methyl sites for hydroxylation is 2. The standard InChI is InChI=1S/C62H65N3O8/c66-28-23-49-56(69)18-14-39-30-42(59(70)57(33-39)73-44-10-4-5-11-44)29-38-13-15-41(34-43(67)31-37-7-2-1-3-8-37)50(32-38)46-16-17-53(65-61-48(46)22-27-64-61)51-35-54-47(21-26-63-54)52(58(51)60(49)71)36-62(72)24-19-40-9-6-12-55(68)45(40)20-25-62/h1-3,6-9,12-13,15,20-22,25-27,30,32-33,35,43-44,46,49,52-53,58,64,66-68,70,72H,4-5,10-11,14,16-19,23-24,28-29,31,34,36H2/q-2. The average molecular weight is 980 g/mol. The van der Waals surface area contributed by atoms with E-state index in [9.17, 15) is 30.3 Å². The van der Waals surface area contributed by atoms with E-state index in [1.54, 1.807) is 30.5 Å². The summed E-state index contributed by atoms with van der Waals surface area (Å²) in [4.78, 5) is 39.1. The molecule has 0 radical (unpaired) electrons. The maximum Gasteiger partial charge on any atom is 0.161 e. The fourth-order valence-electron chi connectivity index (χ4n) is 12.8. The Morgan fingerprint density at radius 3 is 2.51 bits per heavy atom. The summed E-state index contributed by atoms with van der Waals surface area (Å²) in [6, 6.07) is 29.1. The van der Waals surface area contributed by atoms with Crippen molar-refractivity contribution in [1.29, 1.82) is 0 Å². The number of nitrogens with zero attached hydrogens (tertiary/aromatic N) is 2. The van der Waals surface area contributed by atoms with E-state index < -0.39 is 35.5 Å². The van der Waals surface area contributed by atoms with Gasteiger partial charge in [-0.2, -0.15) is 6.20 Å². The zero-order valence-electron chi connectivity index (χ0n) is 41.3. The second kappa shape index (κ2) is 20.7. The molecule has 6 N–H and O–H groups in total. The Balaban J connectivity index is 1.04. The van der Waals surface area contributed by atoms with Gasteiger partial charge in [0, 0.05) is 42.4 Å². The Bertz CT molecular complexity index is 3050. The first-order valence-electron chi connectivity index (χ1n) is 26.5. The molecular formula is C62H65N3O8-2. The molecule has 0 amide bonds. The summed E-state index contributed by atoms with van der Waals surface area (Å²) >= 11 is 0. The highest BCUT2D eigenvalue weighted by atomic mass is 16.5. The summed E-state index contributed by atoms with van der Waals surface area (Å²) < 4.78 is 6.54. The number of phenolic OH excluding ortho intramolecular Hbond substituents is 2. The Morgan fingerprint density at radius 2 is 1.67 bits per heavy atom. The first kappa shape index (κ1) is 48.6. The number of carbonyl (C=O) groups is 2. The molecule has 73 heavy (non-hydrogen) atoms. The third kappa shape index (κ3) is 10.1. The third-order valence-electron chi connectivity index (χ3n) is 16.6. The van der Waals surface area contributed by atoms with Crippen molar-refractivity contribution in [2.75, 3.05) is 6.61 Å². The fourth-order valence-corrected chi connectivity index (χ4v) is 12.8. The van der Waals surface area contributed by atoms with Gasteiger partial charge in [-0.25, -0.2) is 0 Å². The average Bonchev–Trinajstić information content (AvgIpc) is 4.15. The SMILES string of the molecule is O=C1CCc2cc(c(O)c(OC3CCCC3)c2)Cc2ccc(CC(O)Cc3ccccc3)c(c2)C2CCC([N-]c3[nH]ccc32)C2=Cc3[n-]ccc3C(CC3(O)C=Cc4c(O)cccc4CC3)C2C(=O)C1CCO. The number of hydrogen-bond acceptors (Lipinski definition) is 8. The second-order valence-electron chi connectivity index (χ2n) is 21.4. The van der Waals surface area contributed by atoms with E-state index >= 15 is 4.79 Å². The van der Waals surface area contributed by atoms with Crippen LogP contribution >= 0.6 is 0 Å². The van der Waals surface area contributed by atoms with E-state index in [4.69, 9.17) is 15.0 Å². The normalized spacial score (nSPS) is 24.4. The molecule has 11 nitrogen and oxygen atoms in total. The van der Waals surface area contributed by atoms with E-state index in [1.807, 2.05) is 66.9 Å². The second-order valence-corrected chi connectivity index (χ2v) is 21.4. The number of benzene rings is 4. The van der Waals surface area contributed by atoms with Gasteiger partial charge in [0.2, 0.25) is 0 Å². The van der Waals surface area contributed by atoms with Crippen LogP contribution in [0.4, 0.5) is 5.82 Å². The van der Waals surface area contributed by atoms with Gasteiger partial charge in [0.1, 0.15) is 11.5 Å². The molecule has 378 valence electrons. The zero-order valence-corrected chi connectivity index (χ0v) is 41.3. The number of Topliss-reactive ketones (excluding diaryl/α,β-unsaturated/α-hetero) is 2. The van der Waals surface area contributed by atoms with Gasteiger partial charge in [0.25, 0.3) is 0 Å². The topological polar surface area (TPSA) is 189 Å². The third-order valence-corrected chi connectivity index (χ3v) is 16.6. The van der Waals surface area contributed by atoms with E-state index in [2.05, 4.69) is 29.2 Å². The summed E-state index contributed by atoms with van der Waals surface area (Å²) in [6.07, 6.45) is 16.0. The summed E-state index contributed by atoms with van der Waals surface area (Å²) in [7, 11) is 0. The molecule has 11 heteroatoms. The largest absolute Gasteiger partial charge is 0.664 e. The van der Waals surface area contributed by atoms with Crippen LogP contribution in [-0.2, 0) is 41.7 Å². The molecular weight excluding hydrogens is 915 g/mol. The number of aromatic hydroxyl groups is 2. The maximum atomic E-state index is 15.9.